The van der Waals surface area contributed by atoms with Crippen LogP contribution in [0.4, 0.5) is 0 Å². The molecule has 2 atom stereocenters. The highest BCUT2D eigenvalue weighted by atomic mass is 35.5. The minimum absolute atomic E-state index is 0.410. The van der Waals surface area contributed by atoms with Crippen molar-refractivity contribution in [2.75, 3.05) is 13.1 Å². The van der Waals surface area contributed by atoms with E-state index in [1.807, 2.05) is 18.2 Å². The van der Waals surface area contributed by atoms with E-state index in [-0.39, 0.29) is 0 Å². The maximum Gasteiger partial charge on any atom is 0.0700 e. The van der Waals surface area contributed by atoms with E-state index in [0.717, 1.165) is 54.5 Å². The van der Waals surface area contributed by atoms with E-state index < -0.39 is 5.60 Å². The molecule has 4 heteroatoms. The summed E-state index contributed by atoms with van der Waals surface area (Å²) in [6, 6.07) is 5.63. The van der Waals surface area contributed by atoms with Crippen LogP contribution in [0.15, 0.2) is 18.2 Å². The van der Waals surface area contributed by atoms with E-state index in [1.165, 1.54) is 12.8 Å². The van der Waals surface area contributed by atoms with E-state index >= 15 is 0 Å². The summed E-state index contributed by atoms with van der Waals surface area (Å²) < 4.78 is 0. The summed E-state index contributed by atoms with van der Waals surface area (Å²) in [6.45, 7) is 2.74. The molecule has 1 saturated carbocycles. The number of aliphatic hydroxyl groups is 1. The van der Waals surface area contributed by atoms with Gasteiger partial charge in [-0.25, -0.2) is 0 Å². The van der Waals surface area contributed by atoms with Gasteiger partial charge in [-0.1, -0.05) is 36.0 Å². The second kappa shape index (κ2) is 5.84. The first-order valence-corrected chi connectivity index (χ1v) is 8.21. The number of piperidine rings is 1. The molecule has 0 bridgehead atoms. The molecule has 0 spiro atoms. The fourth-order valence-electron chi connectivity index (χ4n) is 3.69. The number of halogens is 2. The Bertz CT molecular complexity index is 493. The van der Waals surface area contributed by atoms with Gasteiger partial charge in [-0.3, -0.25) is 4.90 Å². The average Bonchev–Trinajstić information content (AvgIpc) is 2.43. The molecule has 2 aliphatic rings. The van der Waals surface area contributed by atoms with Crippen molar-refractivity contribution < 1.29 is 5.11 Å². The molecule has 2 unspecified atom stereocenters. The molecule has 20 heavy (non-hydrogen) atoms. The van der Waals surface area contributed by atoms with Crippen LogP contribution in [0, 0.1) is 5.92 Å². The van der Waals surface area contributed by atoms with Crippen molar-refractivity contribution in [3.63, 3.8) is 0 Å². The third-order valence-electron chi connectivity index (χ3n) is 4.91. The van der Waals surface area contributed by atoms with Gasteiger partial charge in [0.15, 0.2) is 0 Å². The highest BCUT2D eigenvalue weighted by Crippen LogP contribution is 2.40. The number of rotatable bonds is 2. The van der Waals surface area contributed by atoms with Crippen molar-refractivity contribution >= 4 is 23.2 Å². The molecule has 110 valence electrons. The summed E-state index contributed by atoms with van der Waals surface area (Å²) in [6.07, 6.45) is 5.43. The maximum absolute atomic E-state index is 10.7. The second-order valence-corrected chi connectivity index (χ2v) is 7.11. The Morgan fingerprint density at radius 2 is 2.10 bits per heavy atom. The lowest BCUT2D eigenvalue weighted by atomic mass is 9.71. The Balaban J connectivity index is 1.69. The quantitative estimate of drug-likeness (QED) is 0.887. The van der Waals surface area contributed by atoms with Gasteiger partial charge >= 0.3 is 0 Å². The molecule has 2 nitrogen and oxygen atoms in total. The topological polar surface area (TPSA) is 23.5 Å². The van der Waals surface area contributed by atoms with Gasteiger partial charge < -0.3 is 5.11 Å². The van der Waals surface area contributed by atoms with Crippen LogP contribution < -0.4 is 0 Å². The molecule has 0 amide bonds. The summed E-state index contributed by atoms with van der Waals surface area (Å²) in [4.78, 5) is 2.40. The Kier molecular flexibility index (Phi) is 4.28. The standard InChI is InChI=1S/C16H21Cl2NO/c17-14-4-5-15(18)12(9-14)10-19-8-7-16(20)6-2-1-3-13(16)11-19/h4-5,9,13,20H,1-3,6-8,10-11H2. The number of benzene rings is 1. The van der Waals surface area contributed by atoms with Crippen LogP contribution in [-0.2, 0) is 6.54 Å². The van der Waals surface area contributed by atoms with Gasteiger partial charge in [0.25, 0.3) is 0 Å². The molecule has 1 aromatic rings. The number of nitrogens with zero attached hydrogens (tertiary/aromatic N) is 1. The third kappa shape index (κ3) is 2.99. The predicted octanol–water partition coefficient (Wildman–Crippen LogP) is 4.12. The van der Waals surface area contributed by atoms with E-state index in [9.17, 15) is 5.11 Å². The van der Waals surface area contributed by atoms with E-state index in [0.29, 0.717) is 5.92 Å². The molecule has 1 N–H and O–H groups in total. The Labute approximate surface area is 130 Å². The zero-order valence-electron chi connectivity index (χ0n) is 11.6. The first-order valence-electron chi connectivity index (χ1n) is 7.45. The lowest BCUT2D eigenvalue weighted by Gasteiger charge is -2.47. The van der Waals surface area contributed by atoms with Crippen molar-refractivity contribution in [3.8, 4) is 0 Å². The van der Waals surface area contributed by atoms with Gasteiger partial charge in [0.2, 0.25) is 0 Å². The van der Waals surface area contributed by atoms with Crippen LogP contribution in [0.1, 0.15) is 37.7 Å². The third-order valence-corrected chi connectivity index (χ3v) is 5.52. The smallest absolute Gasteiger partial charge is 0.0700 e. The van der Waals surface area contributed by atoms with Gasteiger partial charge in [-0.2, -0.15) is 0 Å². The van der Waals surface area contributed by atoms with Crippen LogP contribution in [0.5, 0.6) is 0 Å². The second-order valence-electron chi connectivity index (χ2n) is 6.27. The molecule has 2 fully saturated rings. The molecular weight excluding hydrogens is 293 g/mol. The number of likely N-dealkylation sites (tertiary alicyclic amines) is 1. The normalized spacial score (nSPS) is 31.1. The fourth-order valence-corrected chi connectivity index (χ4v) is 4.06. The van der Waals surface area contributed by atoms with Crippen molar-refractivity contribution in [1.29, 1.82) is 0 Å². The molecule has 3 rings (SSSR count). The Hall–Kier alpha value is -0.280. The minimum Gasteiger partial charge on any atom is -0.390 e. The lowest BCUT2D eigenvalue weighted by molar-refractivity contribution is -0.0967. The molecule has 1 heterocycles. The Morgan fingerprint density at radius 3 is 2.95 bits per heavy atom. The first kappa shape index (κ1) is 14.6. The van der Waals surface area contributed by atoms with E-state index in [2.05, 4.69) is 4.90 Å². The van der Waals surface area contributed by atoms with Gasteiger partial charge in [-0.05, 0) is 43.0 Å². The summed E-state index contributed by atoms with van der Waals surface area (Å²) in [5.74, 6) is 0.419. The average molecular weight is 314 g/mol. The van der Waals surface area contributed by atoms with Gasteiger partial charge in [0.1, 0.15) is 0 Å². The molecule has 0 aromatic heterocycles. The zero-order valence-corrected chi connectivity index (χ0v) is 13.1. The van der Waals surface area contributed by atoms with Crippen molar-refractivity contribution in [2.24, 2.45) is 5.92 Å². The van der Waals surface area contributed by atoms with Crippen molar-refractivity contribution in [1.82, 2.24) is 4.90 Å². The maximum atomic E-state index is 10.7. The van der Waals surface area contributed by atoms with E-state index in [1.54, 1.807) is 0 Å². The van der Waals surface area contributed by atoms with Crippen LogP contribution in [-0.4, -0.2) is 28.7 Å². The summed E-state index contributed by atoms with van der Waals surface area (Å²) >= 11 is 12.3. The summed E-state index contributed by atoms with van der Waals surface area (Å²) in [5.41, 5.74) is 0.674. The van der Waals surface area contributed by atoms with Crippen LogP contribution in [0.3, 0.4) is 0 Å². The van der Waals surface area contributed by atoms with Gasteiger partial charge in [-0.15, -0.1) is 0 Å². The van der Waals surface area contributed by atoms with Crippen LogP contribution in [0.25, 0.3) is 0 Å². The van der Waals surface area contributed by atoms with Crippen molar-refractivity contribution in [3.05, 3.63) is 33.8 Å². The Morgan fingerprint density at radius 1 is 1.25 bits per heavy atom. The number of fused-ring (bicyclic) bond motifs is 1. The zero-order chi connectivity index (χ0) is 14.2. The number of hydrogen-bond donors (Lipinski definition) is 1. The molecule has 1 aliphatic carbocycles. The molecule has 0 radical (unpaired) electrons. The monoisotopic (exact) mass is 313 g/mol. The fraction of sp³-hybridized carbons (Fsp3) is 0.625. The molecule has 1 saturated heterocycles. The molecule has 1 aromatic carbocycles. The van der Waals surface area contributed by atoms with Crippen LogP contribution in [0.2, 0.25) is 10.0 Å². The highest BCUT2D eigenvalue weighted by Gasteiger charge is 2.42. The van der Waals surface area contributed by atoms with Gasteiger partial charge in [0, 0.05) is 35.6 Å². The summed E-state index contributed by atoms with van der Waals surface area (Å²) in [7, 11) is 0. The highest BCUT2D eigenvalue weighted by molar-refractivity contribution is 6.33. The van der Waals surface area contributed by atoms with Gasteiger partial charge in [0.05, 0.1) is 5.60 Å². The molecule has 1 aliphatic heterocycles. The summed E-state index contributed by atoms with van der Waals surface area (Å²) in [5, 5.41) is 12.2. The van der Waals surface area contributed by atoms with E-state index in [4.69, 9.17) is 23.2 Å². The lowest BCUT2D eigenvalue weighted by Crippen LogP contribution is -2.52. The van der Waals surface area contributed by atoms with Crippen LogP contribution >= 0.6 is 23.2 Å². The predicted molar refractivity (Wildman–Crippen MR) is 83.3 cm³/mol. The minimum atomic E-state index is -0.410. The largest absolute Gasteiger partial charge is 0.390 e. The first-order chi connectivity index (χ1) is 9.57. The molecular formula is C16H21Cl2NO. The SMILES string of the molecule is OC12CCCCC1CN(Cc1cc(Cl)ccc1Cl)CC2. The number of hydrogen-bond acceptors (Lipinski definition) is 2. The van der Waals surface area contributed by atoms with Crippen molar-refractivity contribution in [2.45, 2.75) is 44.2 Å².